The number of thioether (sulfide) groups is 1. The van der Waals surface area contributed by atoms with E-state index in [1.165, 1.54) is 49.6 Å². The molecule has 0 unspecified atom stereocenters. The van der Waals surface area contributed by atoms with E-state index in [9.17, 15) is 9.18 Å². The highest BCUT2D eigenvalue weighted by atomic mass is 32.2. The lowest BCUT2D eigenvalue weighted by atomic mass is 9.84. The van der Waals surface area contributed by atoms with E-state index in [-0.39, 0.29) is 23.0 Å². The first-order valence-electron chi connectivity index (χ1n) is 8.25. The van der Waals surface area contributed by atoms with E-state index in [2.05, 4.69) is 12.2 Å². The van der Waals surface area contributed by atoms with Crippen LogP contribution in [0.5, 0.6) is 0 Å². The number of carbonyl (C=O) groups excluding carboxylic acids is 1. The molecule has 2 aliphatic carbocycles. The first kappa shape index (κ1) is 15.9. The largest absolute Gasteiger partial charge is 0.352 e. The number of hydrogen-bond acceptors (Lipinski definition) is 2. The summed E-state index contributed by atoms with van der Waals surface area (Å²) in [5, 5.41) is 3.04. The summed E-state index contributed by atoms with van der Waals surface area (Å²) in [6.45, 7) is 4.06. The van der Waals surface area contributed by atoms with Crippen molar-refractivity contribution in [1.29, 1.82) is 0 Å². The van der Waals surface area contributed by atoms with Crippen LogP contribution in [-0.4, -0.2) is 17.2 Å². The second kappa shape index (κ2) is 6.61. The maximum absolute atomic E-state index is 12.9. The molecule has 0 aromatic heterocycles. The summed E-state index contributed by atoms with van der Waals surface area (Å²) in [6, 6.07) is 6.58. The smallest absolute Gasteiger partial charge is 0.233 e. The number of rotatable bonds is 5. The van der Waals surface area contributed by atoms with Crippen LogP contribution >= 0.6 is 11.8 Å². The maximum atomic E-state index is 12.9. The van der Waals surface area contributed by atoms with Crippen molar-refractivity contribution >= 4 is 17.7 Å². The molecule has 0 heterocycles. The van der Waals surface area contributed by atoms with Crippen molar-refractivity contribution in [2.75, 3.05) is 0 Å². The van der Waals surface area contributed by atoms with E-state index in [0.717, 1.165) is 16.7 Å². The quantitative estimate of drug-likeness (QED) is 0.822. The van der Waals surface area contributed by atoms with Crippen LogP contribution in [0.4, 0.5) is 4.39 Å². The van der Waals surface area contributed by atoms with Crippen LogP contribution in [0.2, 0.25) is 0 Å². The zero-order valence-electron chi connectivity index (χ0n) is 13.2. The van der Waals surface area contributed by atoms with Crippen molar-refractivity contribution in [1.82, 2.24) is 5.32 Å². The highest BCUT2D eigenvalue weighted by Gasteiger charge is 2.42. The second-order valence-corrected chi connectivity index (χ2v) is 8.26. The Balaban J connectivity index is 1.51. The summed E-state index contributed by atoms with van der Waals surface area (Å²) in [7, 11) is 0. The molecule has 2 saturated carbocycles. The van der Waals surface area contributed by atoms with Gasteiger partial charge in [0.25, 0.3) is 0 Å². The van der Waals surface area contributed by atoms with Crippen LogP contribution in [0.25, 0.3) is 0 Å². The van der Waals surface area contributed by atoms with Crippen LogP contribution in [0.15, 0.2) is 29.2 Å². The summed E-state index contributed by atoms with van der Waals surface area (Å²) in [5.41, 5.74) is 0. The summed E-state index contributed by atoms with van der Waals surface area (Å²) >= 11 is 1.48. The Morgan fingerprint density at radius 2 is 1.95 bits per heavy atom. The fourth-order valence-corrected chi connectivity index (χ4v) is 5.00. The molecule has 4 heteroatoms. The molecule has 2 nitrogen and oxygen atoms in total. The van der Waals surface area contributed by atoms with Crippen molar-refractivity contribution in [3.05, 3.63) is 30.1 Å². The summed E-state index contributed by atoms with van der Waals surface area (Å²) in [5.74, 6) is 2.22. The highest BCUT2D eigenvalue weighted by molar-refractivity contribution is 8.00. The van der Waals surface area contributed by atoms with Crippen LogP contribution < -0.4 is 5.32 Å². The molecule has 0 radical (unpaired) electrons. The van der Waals surface area contributed by atoms with Gasteiger partial charge in [-0.25, -0.2) is 4.39 Å². The molecule has 2 aliphatic rings. The molecule has 5 atom stereocenters. The Morgan fingerprint density at radius 1 is 1.23 bits per heavy atom. The second-order valence-electron chi connectivity index (χ2n) is 6.85. The van der Waals surface area contributed by atoms with Crippen LogP contribution in [0, 0.1) is 23.6 Å². The number of amides is 1. The van der Waals surface area contributed by atoms with Gasteiger partial charge in [-0.3, -0.25) is 4.79 Å². The van der Waals surface area contributed by atoms with Gasteiger partial charge < -0.3 is 5.32 Å². The molecule has 0 spiro atoms. The average Bonchev–Trinajstić information content (AvgIpc) is 3.12. The van der Waals surface area contributed by atoms with Crippen LogP contribution in [-0.2, 0) is 4.79 Å². The average molecular weight is 321 g/mol. The van der Waals surface area contributed by atoms with Gasteiger partial charge in [-0.1, -0.05) is 6.42 Å². The third kappa shape index (κ3) is 3.48. The van der Waals surface area contributed by atoms with Crippen molar-refractivity contribution < 1.29 is 9.18 Å². The predicted molar refractivity (Wildman–Crippen MR) is 88.3 cm³/mol. The van der Waals surface area contributed by atoms with E-state index in [4.69, 9.17) is 0 Å². The molecular weight excluding hydrogens is 297 g/mol. The van der Waals surface area contributed by atoms with E-state index < -0.39 is 0 Å². The van der Waals surface area contributed by atoms with Crippen LogP contribution in [0.3, 0.4) is 0 Å². The third-order valence-corrected chi connectivity index (χ3v) is 6.41. The minimum Gasteiger partial charge on any atom is -0.352 e. The number of carbonyl (C=O) groups is 1. The highest BCUT2D eigenvalue weighted by Crippen LogP contribution is 2.49. The fraction of sp³-hybridized carbons (Fsp3) is 0.611. The van der Waals surface area contributed by atoms with Gasteiger partial charge in [-0.15, -0.1) is 11.8 Å². The third-order valence-electron chi connectivity index (χ3n) is 5.30. The van der Waals surface area contributed by atoms with Gasteiger partial charge in [-0.2, -0.15) is 0 Å². The Bertz CT molecular complexity index is 532. The lowest BCUT2D eigenvalue weighted by Crippen LogP contribution is -2.43. The van der Waals surface area contributed by atoms with E-state index in [0.29, 0.717) is 5.92 Å². The molecule has 1 N–H and O–H groups in total. The molecule has 3 rings (SSSR count). The summed E-state index contributed by atoms with van der Waals surface area (Å²) < 4.78 is 12.9. The van der Waals surface area contributed by atoms with Crippen LogP contribution in [0.1, 0.15) is 39.5 Å². The van der Waals surface area contributed by atoms with Gasteiger partial charge in [0.15, 0.2) is 0 Å². The van der Waals surface area contributed by atoms with Crippen molar-refractivity contribution in [2.45, 2.75) is 55.7 Å². The first-order chi connectivity index (χ1) is 10.5. The van der Waals surface area contributed by atoms with Gasteiger partial charge in [0, 0.05) is 10.9 Å². The minimum atomic E-state index is -0.244. The SMILES string of the molecule is C[C@H](Sc1ccc(F)cc1)C(=O)N[C@H](C)[C@H]1C[C@H]2CC[C@H]1C2. The molecule has 1 aromatic carbocycles. The zero-order chi connectivity index (χ0) is 15.7. The lowest BCUT2D eigenvalue weighted by Gasteiger charge is -2.29. The zero-order valence-corrected chi connectivity index (χ0v) is 14.0. The lowest BCUT2D eigenvalue weighted by molar-refractivity contribution is -0.121. The molecule has 1 amide bonds. The van der Waals surface area contributed by atoms with Gasteiger partial charge >= 0.3 is 0 Å². The van der Waals surface area contributed by atoms with Gasteiger partial charge in [0.2, 0.25) is 5.91 Å². The van der Waals surface area contributed by atoms with Crippen molar-refractivity contribution in [2.24, 2.45) is 17.8 Å². The van der Waals surface area contributed by atoms with Gasteiger partial charge in [0.05, 0.1) is 5.25 Å². The number of benzene rings is 1. The Hall–Kier alpha value is -1.03. The Morgan fingerprint density at radius 3 is 2.55 bits per heavy atom. The predicted octanol–water partition coefficient (Wildman–Crippen LogP) is 4.25. The van der Waals surface area contributed by atoms with Gasteiger partial charge in [-0.05, 0) is 75.1 Å². The molecular formula is C18H24FNOS. The molecule has 22 heavy (non-hydrogen) atoms. The number of nitrogens with one attached hydrogen (secondary N) is 1. The maximum Gasteiger partial charge on any atom is 0.233 e. The minimum absolute atomic E-state index is 0.0876. The molecule has 0 saturated heterocycles. The van der Waals surface area contributed by atoms with Crippen molar-refractivity contribution in [3.63, 3.8) is 0 Å². The molecule has 2 fully saturated rings. The van der Waals surface area contributed by atoms with E-state index >= 15 is 0 Å². The molecule has 2 bridgehead atoms. The topological polar surface area (TPSA) is 29.1 Å². The monoisotopic (exact) mass is 321 g/mol. The fourth-order valence-electron chi connectivity index (χ4n) is 4.13. The summed E-state index contributed by atoms with van der Waals surface area (Å²) in [4.78, 5) is 13.3. The number of hydrogen-bond donors (Lipinski definition) is 1. The number of fused-ring (bicyclic) bond motifs is 2. The van der Waals surface area contributed by atoms with Crippen molar-refractivity contribution in [3.8, 4) is 0 Å². The molecule has 1 aromatic rings. The molecule has 0 aliphatic heterocycles. The normalized spacial score (nSPS) is 29.3. The Kier molecular flexibility index (Phi) is 4.76. The van der Waals surface area contributed by atoms with E-state index in [1.54, 1.807) is 12.1 Å². The Labute approximate surface area is 136 Å². The number of halogens is 1. The first-order valence-corrected chi connectivity index (χ1v) is 9.13. The summed E-state index contributed by atoms with van der Waals surface area (Å²) in [6.07, 6.45) is 5.38. The molecule has 120 valence electrons. The van der Waals surface area contributed by atoms with Gasteiger partial charge in [0.1, 0.15) is 5.82 Å². The standard InChI is InChI=1S/C18H24FNOS/c1-11(17-10-13-3-4-14(17)9-13)20-18(21)12(2)22-16-7-5-15(19)6-8-16/h5-8,11-14,17H,3-4,9-10H2,1-2H3,(H,20,21)/t11-,12+,13+,14+,17-/m1/s1. The van der Waals surface area contributed by atoms with E-state index in [1.807, 2.05) is 6.92 Å².